The molecule has 1 N–H and O–H groups in total. The van der Waals surface area contributed by atoms with E-state index in [1.165, 1.54) is 22.3 Å². The molecule has 20 heavy (non-hydrogen) atoms. The van der Waals surface area contributed by atoms with E-state index in [1.807, 2.05) is 0 Å². The zero-order valence-electron chi connectivity index (χ0n) is 10.4. The Kier molecular flexibility index (Phi) is 4.15. The lowest BCUT2D eigenvalue weighted by Gasteiger charge is -1.99. The van der Waals surface area contributed by atoms with Crippen molar-refractivity contribution in [2.45, 2.75) is 13.5 Å². The average molecular weight is 294 g/mol. The highest BCUT2D eigenvalue weighted by Gasteiger charge is 2.13. The number of nitrogens with one attached hydrogen (secondary N) is 1. The Balaban J connectivity index is 1.93. The fourth-order valence-corrected chi connectivity index (χ4v) is 1.94. The molecule has 0 aliphatic rings. The molecule has 0 saturated carbocycles. The molecule has 2 rings (SSSR count). The molecule has 2 aromatic rings. The second kappa shape index (κ2) is 6.02. The second-order valence-corrected chi connectivity index (χ2v) is 4.71. The van der Waals surface area contributed by atoms with Gasteiger partial charge < -0.3 is 10.1 Å². The zero-order valence-corrected chi connectivity index (χ0v) is 11.2. The summed E-state index contributed by atoms with van der Waals surface area (Å²) >= 11 is 1.31. The maximum atomic E-state index is 11.6. The van der Waals surface area contributed by atoms with Gasteiger partial charge in [0.1, 0.15) is 0 Å². The van der Waals surface area contributed by atoms with Gasteiger partial charge in [-0.2, -0.15) is 9.78 Å². The van der Waals surface area contributed by atoms with Crippen LogP contribution >= 0.6 is 11.3 Å². The minimum absolute atomic E-state index is 0.200. The van der Waals surface area contributed by atoms with Crippen LogP contribution in [0.1, 0.15) is 16.6 Å². The first kappa shape index (κ1) is 13.8. The lowest BCUT2D eigenvalue weighted by molar-refractivity contribution is -0.394. The molecule has 0 aliphatic heterocycles. The Bertz CT molecular complexity index is 648. The van der Waals surface area contributed by atoms with Crippen LogP contribution in [0.5, 0.6) is 0 Å². The molecule has 0 atom stereocenters. The van der Waals surface area contributed by atoms with Gasteiger partial charge in [-0.15, -0.1) is 11.3 Å². The van der Waals surface area contributed by atoms with Gasteiger partial charge in [-0.3, -0.25) is 4.79 Å². The standard InChI is InChI=1S/C10H10N6O3S/c1-7(5-15-6-11-10(14-15)16(18)19)12-13-9(17)8-3-2-4-20-8/h2-4,6H,5H2,1H3,(H,13,17)/b12-7+. The van der Waals surface area contributed by atoms with Gasteiger partial charge in [0.25, 0.3) is 5.91 Å². The van der Waals surface area contributed by atoms with E-state index in [2.05, 4.69) is 20.6 Å². The second-order valence-electron chi connectivity index (χ2n) is 3.76. The highest BCUT2D eigenvalue weighted by Crippen LogP contribution is 2.07. The minimum atomic E-state index is -0.679. The minimum Gasteiger partial charge on any atom is -0.390 e. The fourth-order valence-electron chi connectivity index (χ4n) is 1.32. The number of carbonyl (C=O) groups is 1. The Morgan fingerprint density at radius 3 is 3.05 bits per heavy atom. The predicted molar refractivity (Wildman–Crippen MR) is 71.6 cm³/mol. The molecule has 2 heterocycles. The summed E-state index contributed by atoms with van der Waals surface area (Å²) in [6.07, 6.45) is 1.23. The predicted octanol–water partition coefficient (Wildman–Crippen LogP) is 1.05. The van der Waals surface area contributed by atoms with Crippen molar-refractivity contribution < 1.29 is 9.72 Å². The van der Waals surface area contributed by atoms with Gasteiger partial charge in [-0.25, -0.2) is 5.43 Å². The van der Waals surface area contributed by atoms with Crippen LogP contribution < -0.4 is 5.43 Å². The molecule has 104 valence electrons. The number of carbonyl (C=O) groups excluding carboxylic acids is 1. The maximum absolute atomic E-state index is 11.6. The summed E-state index contributed by atoms with van der Waals surface area (Å²) in [4.78, 5) is 25.4. The number of hydrazone groups is 1. The third kappa shape index (κ3) is 3.45. The number of nitro groups is 1. The van der Waals surface area contributed by atoms with Crippen molar-refractivity contribution in [3.8, 4) is 0 Å². The van der Waals surface area contributed by atoms with Crippen LogP contribution in [0.15, 0.2) is 28.9 Å². The number of amides is 1. The summed E-state index contributed by atoms with van der Waals surface area (Å²) < 4.78 is 1.27. The number of rotatable bonds is 5. The summed E-state index contributed by atoms with van der Waals surface area (Å²) in [6.45, 7) is 1.87. The topological polar surface area (TPSA) is 115 Å². The number of hydrogen-bond acceptors (Lipinski definition) is 7. The van der Waals surface area contributed by atoms with Crippen molar-refractivity contribution in [1.29, 1.82) is 0 Å². The van der Waals surface area contributed by atoms with Crippen LogP contribution in [0.2, 0.25) is 0 Å². The van der Waals surface area contributed by atoms with E-state index in [9.17, 15) is 14.9 Å². The van der Waals surface area contributed by atoms with Crippen molar-refractivity contribution >= 4 is 28.9 Å². The van der Waals surface area contributed by atoms with Crippen molar-refractivity contribution in [2.24, 2.45) is 5.10 Å². The lowest BCUT2D eigenvalue weighted by Crippen LogP contribution is -2.19. The van der Waals surface area contributed by atoms with Crippen LogP contribution in [0.3, 0.4) is 0 Å². The van der Waals surface area contributed by atoms with Crippen molar-refractivity contribution in [1.82, 2.24) is 20.2 Å². The molecule has 0 saturated heterocycles. The molecule has 0 aromatic carbocycles. The molecule has 9 nitrogen and oxygen atoms in total. The first-order valence-corrected chi connectivity index (χ1v) is 6.35. The third-order valence-electron chi connectivity index (χ3n) is 2.17. The summed E-state index contributed by atoms with van der Waals surface area (Å²) in [6, 6.07) is 3.45. The molecular weight excluding hydrogens is 284 g/mol. The summed E-state index contributed by atoms with van der Waals surface area (Å²) in [5, 5.41) is 19.8. The highest BCUT2D eigenvalue weighted by atomic mass is 32.1. The fraction of sp³-hybridized carbons (Fsp3) is 0.200. The van der Waals surface area contributed by atoms with Gasteiger partial charge in [0.2, 0.25) is 6.33 Å². The first-order chi connectivity index (χ1) is 9.56. The number of thiophene rings is 1. The van der Waals surface area contributed by atoms with Crippen LogP contribution in [0.4, 0.5) is 5.95 Å². The molecule has 1 amide bonds. The Hall–Kier alpha value is -2.62. The van der Waals surface area contributed by atoms with Crippen LogP contribution in [-0.4, -0.2) is 31.3 Å². The summed E-state index contributed by atoms with van der Waals surface area (Å²) in [5.41, 5.74) is 2.94. The molecule has 0 fully saturated rings. The quantitative estimate of drug-likeness (QED) is 0.503. The molecule has 2 aromatic heterocycles. The van der Waals surface area contributed by atoms with Crippen molar-refractivity contribution in [3.63, 3.8) is 0 Å². The van der Waals surface area contributed by atoms with Gasteiger partial charge in [0.05, 0.1) is 17.1 Å². The van der Waals surface area contributed by atoms with E-state index in [4.69, 9.17) is 0 Å². The van der Waals surface area contributed by atoms with E-state index in [1.54, 1.807) is 24.4 Å². The van der Waals surface area contributed by atoms with E-state index in [-0.39, 0.29) is 12.5 Å². The normalized spacial score (nSPS) is 11.3. The number of nitrogens with zero attached hydrogens (tertiary/aromatic N) is 5. The summed E-state index contributed by atoms with van der Waals surface area (Å²) in [5.74, 6) is -0.774. The van der Waals surface area contributed by atoms with Gasteiger partial charge in [-0.1, -0.05) is 11.1 Å². The van der Waals surface area contributed by atoms with E-state index < -0.39 is 10.9 Å². The molecular formula is C10H10N6O3S. The molecule has 0 aliphatic carbocycles. The SMILES string of the molecule is C/C(Cn1cnc([N+](=O)[O-])n1)=N\NC(=O)c1cccs1. The zero-order chi connectivity index (χ0) is 14.5. The van der Waals surface area contributed by atoms with E-state index in [0.29, 0.717) is 10.6 Å². The number of hydrogen-bond donors (Lipinski definition) is 1. The lowest BCUT2D eigenvalue weighted by atomic mass is 10.4. The number of aromatic nitrogens is 3. The smallest absolute Gasteiger partial charge is 0.390 e. The maximum Gasteiger partial charge on any atom is 0.490 e. The van der Waals surface area contributed by atoms with Gasteiger partial charge in [0.15, 0.2) is 0 Å². The largest absolute Gasteiger partial charge is 0.490 e. The van der Waals surface area contributed by atoms with E-state index in [0.717, 1.165) is 0 Å². The van der Waals surface area contributed by atoms with Crippen LogP contribution in [0.25, 0.3) is 0 Å². The molecule has 0 spiro atoms. The van der Waals surface area contributed by atoms with Crippen molar-refractivity contribution in [2.75, 3.05) is 0 Å². The molecule has 0 unspecified atom stereocenters. The Morgan fingerprint density at radius 1 is 1.65 bits per heavy atom. The molecule has 0 bridgehead atoms. The average Bonchev–Trinajstić information content (AvgIpc) is 3.06. The van der Waals surface area contributed by atoms with Crippen molar-refractivity contribution in [3.05, 3.63) is 38.8 Å². The first-order valence-electron chi connectivity index (χ1n) is 5.47. The molecule has 10 heteroatoms. The summed E-state index contributed by atoms with van der Waals surface area (Å²) in [7, 11) is 0. The monoisotopic (exact) mass is 294 g/mol. The van der Waals surface area contributed by atoms with Crippen LogP contribution in [0, 0.1) is 10.1 Å². The Morgan fingerprint density at radius 2 is 2.45 bits per heavy atom. The Labute approximate surface area is 117 Å². The van der Waals surface area contributed by atoms with Gasteiger partial charge >= 0.3 is 5.95 Å². The third-order valence-corrected chi connectivity index (χ3v) is 3.04. The van der Waals surface area contributed by atoms with E-state index >= 15 is 0 Å². The molecule has 0 radical (unpaired) electrons. The van der Waals surface area contributed by atoms with Gasteiger partial charge in [-0.05, 0) is 23.3 Å². The van der Waals surface area contributed by atoms with Crippen LogP contribution in [-0.2, 0) is 6.54 Å². The van der Waals surface area contributed by atoms with Gasteiger partial charge in [0, 0.05) is 5.10 Å². The highest BCUT2D eigenvalue weighted by molar-refractivity contribution is 7.12.